The summed E-state index contributed by atoms with van der Waals surface area (Å²) in [7, 11) is 0. The molecule has 0 aromatic heterocycles. The number of para-hydroxylation sites is 1. The first-order chi connectivity index (χ1) is 11.5. The van der Waals surface area contributed by atoms with Crippen molar-refractivity contribution in [3.8, 4) is 0 Å². The van der Waals surface area contributed by atoms with Gasteiger partial charge >= 0.3 is 0 Å². The van der Waals surface area contributed by atoms with Crippen molar-refractivity contribution in [1.29, 1.82) is 0 Å². The number of ether oxygens (including phenoxy) is 1. The van der Waals surface area contributed by atoms with Crippen molar-refractivity contribution in [2.75, 3.05) is 31.1 Å². The molecule has 5 nitrogen and oxygen atoms in total. The van der Waals surface area contributed by atoms with E-state index in [1.807, 2.05) is 40.1 Å². The van der Waals surface area contributed by atoms with E-state index in [1.165, 1.54) is 0 Å². The second-order valence-corrected chi connectivity index (χ2v) is 7.68. The third-order valence-electron chi connectivity index (χ3n) is 5.66. The number of carbonyl (C=O) groups excluding carboxylic acids is 2. The molecule has 3 fully saturated rings. The van der Waals surface area contributed by atoms with Crippen LogP contribution in [0.1, 0.15) is 32.6 Å². The summed E-state index contributed by atoms with van der Waals surface area (Å²) in [5.41, 5.74) is 0.327. The molecule has 1 unspecified atom stereocenters. The molecule has 5 heteroatoms. The first kappa shape index (κ1) is 15.6. The number of nitrogens with zero attached hydrogens (tertiary/aromatic N) is 2. The number of hydrogen-bond acceptors (Lipinski definition) is 3. The minimum absolute atomic E-state index is 0.00979. The summed E-state index contributed by atoms with van der Waals surface area (Å²) in [6.07, 6.45) is 3.80. The van der Waals surface area contributed by atoms with Crippen LogP contribution in [0.15, 0.2) is 30.3 Å². The summed E-state index contributed by atoms with van der Waals surface area (Å²) in [4.78, 5) is 28.8. The van der Waals surface area contributed by atoms with Gasteiger partial charge in [0.1, 0.15) is 12.2 Å². The van der Waals surface area contributed by atoms with Crippen molar-refractivity contribution in [3.63, 3.8) is 0 Å². The van der Waals surface area contributed by atoms with Crippen molar-refractivity contribution < 1.29 is 14.3 Å². The van der Waals surface area contributed by atoms with Crippen molar-refractivity contribution in [3.05, 3.63) is 30.3 Å². The fourth-order valence-corrected chi connectivity index (χ4v) is 3.86. The molecule has 2 aliphatic heterocycles. The minimum atomic E-state index is -0.428. The zero-order valence-electron chi connectivity index (χ0n) is 14.2. The first-order valence-electron chi connectivity index (χ1n) is 8.80. The van der Waals surface area contributed by atoms with Gasteiger partial charge in [-0.2, -0.15) is 0 Å². The van der Waals surface area contributed by atoms with Crippen molar-refractivity contribution in [1.82, 2.24) is 4.90 Å². The summed E-state index contributed by atoms with van der Waals surface area (Å²) in [5, 5.41) is 0. The summed E-state index contributed by atoms with van der Waals surface area (Å²) >= 11 is 0. The Morgan fingerprint density at radius 2 is 1.88 bits per heavy atom. The number of likely N-dealkylation sites (tertiary alicyclic amines) is 1. The maximum absolute atomic E-state index is 12.7. The van der Waals surface area contributed by atoms with E-state index in [0.717, 1.165) is 37.9 Å². The molecule has 3 aliphatic rings. The number of benzene rings is 1. The highest BCUT2D eigenvalue weighted by molar-refractivity contribution is 5.95. The molecule has 0 radical (unpaired) electrons. The van der Waals surface area contributed by atoms with Gasteiger partial charge in [-0.05, 0) is 37.8 Å². The van der Waals surface area contributed by atoms with Gasteiger partial charge in [0.25, 0.3) is 5.91 Å². The lowest BCUT2D eigenvalue weighted by atomic mass is 9.89. The molecule has 24 heavy (non-hydrogen) atoms. The van der Waals surface area contributed by atoms with E-state index >= 15 is 0 Å². The third kappa shape index (κ3) is 2.71. The van der Waals surface area contributed by atoms with Crippen molar-refractivity contribution in [2.24, 2.45) is 5.41 Å². The maximum atomic E-state index is 12.7. The summed E-state index contributed by atoms with van der Waals surface area (Å²) < 4.78 is 6.00. The van der Waals surface area contributed by atoms with E-state index in [9.17, 15) is 9.59 Å². The average molecular weight is 328 g/mol. The second-order valence-electron chi connectivity index (χ2n) is 7.68. The summed E-state index contributed by atoms with van der Waals surface area (Å²) in [5.74, 6) is 0.248. The third-order valence-corrected chi connectivity index (χ3v) is 5.66. The molecule has 1 atom stereocenters. The Morgan fingerprint density at radius 1 is 1.12 bits per heavy atom. The summed E-state index contributed by atoms with van der Waals surface area (Å²) in [6.45, 7) is 4.07. The number of rotatable bonds is 2. The molecule has 4 rings (SSSR count). The molecule has 1 aromatic rings. The quantitative estimate of drug-likeness (QED) is 0.836. The highest BCUT2D eigenvalue weighted by Crippen LogP contribution is 2.47. The van der Waals surface area contributed by atoms with Crippen LogP contribution in [-0.2, 0) is 14.3 Å². The van der Waals surface area contributed by atoms with Crippen molar-refractivity contribution >= 4 is 17.5 Å². The summed E-state index contributed by atoms with van der Waals surface area (Å²) in [6, 6.07) is 9.73. The van der Waals surface area contributed by atoms with Gasteiger partial charge in [0.15, 0.2) is 0 Å². The monoisotopic (exact) mass is 328 g/mol. The van der Waals surface area contributed by atoms with Crippen molar-refractivity contribution in [2.45, 2.75) is 38.2 Å². The van der Waals surface area contributed by atoms with E-state index in [-0.39, 0.29) is 23.8 Å². The fraction of sp³-hybridized carbons (Fsp3) is 0.579. The van der Waals surface area contributed by atoms with Crippen LogP contribution in [0.2, 0.25) is 0 Å². The topological polar surface area (TPSA) is 49.9 Å². The molecular formula is C19H24N2O3. The SMILES string of the molecule is CC1(C(=O)N2CCCC3(C2)CN(c2ccccc2)C(=O)CO3)CC1. The number of morpholine rings is 1. The van der Waals surface area contributed by atoms with Crippen LogP contribution in [0.4, 0.5) is 5.69 Å². The van der Waals surface area contributed by atoms with Gasteiger partial charge < -0.3 is 14.5 Å². The zero-order valence-corrected chi connectivity index (χ0v) is 14.2. The number of carbonyl (C=O) groups is 2. The van der Waals surface area contributed by atoms with Crippen LogP contribution in [-0.4, -0.2) is 48.6 Å². The van der Waals surface area contributed by atoms with Gasteiger partial charge in [0.2, 0.25) is 5.91 Å². The Balaban J connectivity index is 1.53. The molecule has 0 N–H and O–H groups in total. The molecule has 1 saturated carbocycles. The lowest BCUT2D eigenvalue weighted by Gasteiger charge is -2.48. The predicted molar refractivity (Wildman–Crippen MR) is 90.6 cm³/mol. The molecular weight excluding hydrogens is 304 g/mol. The van der Waals surface area contributed by atoms with E-state index in [1.54, 1.807) is 0 Å². The Hall–Kier alpha value is -1.88. The van der Waals surface area contributed by atoms with E-state index < -0.39 is 5.60 Å². The van der Waals surface area contributed by atoms with Gasteiger partial charge in [-0.1, -0.05) is 25.1 Å². The van der Waals surface area contributed by atoms with E-state index in [2.05, 4.69) is 6.92 Å². The Labute approximate surface area is 142 Å². The molecule has 1 aromatic carbocycles. The number of hydrogen-bond donors (Lipinski definition) is 0. The molecule has 0 bridgehead atoms. The average Bonchev–Trinajstić information content (AvgIpc) is 3.36. The molecule has 2 heterocycles. The van der Waals surface area contributed by atoms with Gasteiger partial charge in [0, 0.05) is 17.6 Å². The van der Waals surface area contributed by atoms with Gasteiger partial charge in [0.05, 0.1) is 13.1 Å². The molecule has 1 spiro atoms. The Morgan fingerprint density at radius 3 is 2.58 bits per heavy atom. The number of piperidine rings is 1. The van der Waals surface area contributed by atoms with Gasteiger partial charge in [-0.15, -0.1) is 0 Å². The number of amides is 2. The van der Waals surface area contributed by atoms with Crippen LogP contribution in [0, 0.1) is 5.41 Å². The van der Waals surface area contributed by atoms with Gasteiger partial charge in [-0.25, -0.2) is 0 Å². The van der Waals surface area contributed by atoms with Crippen LogP contribution >= 0.6 is 0 Å². The molecule has 1 aliphatic carbocycles. The maximum Gasteiger partial charge on any atom is 0.253 e. The smallest absolute Gasteiger partial charge is 0.253 e. The van der Waals surface area contributed by atoms with Crippen LogP contribution in [0.5, 0.6) is 0 Å². The molecule has 2 amide bonds. The van der Waals surface area contributed by atoms with Crippen LogP contribution < -0.4 is 4.90 Å². The van der Waals surface area contributed by atoms with E-state index in [4.69, 9.17) is 4.74 Å². The molecule has 2 saturated heterocycles. The Bertz CT molecular complexity index is 656. The zero-order chi connectivity index (χ0) is 16.8. The lowest BCUT2D eigenvalue weighted by Crippen LogP contribution is -2.62. The van der Waals surface area contributed by atoms with Crippen LogP contribution in [0.3, 0.4) is 0 Å². The molecule has 128 valence electrons. The predicted octanol–water partition coefficient (Wildman–Crippen LogP) is 2.21. The Kier molecular flexibility index (Phi) is 3.64. The minimum Gasteiger partial charge on any atom is -0.361 e. The second kappa shape index (κ2) is 5.59. The normalized spacial score (nSPS) is 29.0. The number of anilines is 1. The standard InChI is InChI=1S/C19H24N2O3/c1-18(9-10-18)17(23)20-11-5-8-19(13-20)14-21(16(22)12-24-19)15-6-3-2-4-7-15/h2-4,6-7H,5,8-14H2,1H3. The highest BCUT2D eigenvalue weighted by atomic mass is 16.5. The van der Waals surface area contributed by atoms with Crippen LogP contribution in [0.25, 0.3) is 0 Å². The van der Waals surface area contributed by atoms with E-state index in [0.29, 0.717) is 13.1 Å². The fourth-order valence-electron chi connectivity index (χ4n) is 3.86. The lowest BCUT2D eigenvalue weighted by molar-refractivity contribution is -0.156. The van der Waals surface area contributed by atoms with Gasteiger partial charge in [-0.3, -0.25) is 9.59 Å². The highest BCUT2D eigenvalue weighted by Gasteiger charge is 2.51. The largest absolute Gasteiger partial charge is 0.361 e. The first-order valence-corrected chi connectivity index (χ1v) is 8.80.